The van der Waals surface area contributed by atoms with E-state index in [-0.39, 0.29) is 25.2 Å². The van der Waals surface area contributed by atoms with Gasteiger partial charge in [-0.25, -0.2) is 9.59 Å². The number of hydrogen-bond acceptors (Lipinski definition) is 5. The third kappa shape index (κ3) is 7.26. The summed E-state index contributed by atoms with van der Waals surface area (Å²) in [6.45, 7) is 7.05. The van der Waals surface area contributed by atoms with Crippen molar-refractivity contribution in [2.45, 2.75) is 52.2 Å². The maximum absolute atomic E-state index is 12.1. The van der Waals surface area contributed by atoms with E-state index < -0.39 is 23.7 Å². The molecular weight excluding hydrogens is 310 g/mol. The number of Topliss-reactive ketones (excluding diaryl/α,β-unsaturated/α-hetero) is 1. The van der Waals surface area contributed by atoms with Crippen LogP contribution >= 0.6 is 0 Å². The summed E-state index contributed by atoms with van der Waals surface area (Å²) in [6.07, 6.45) is -0.456. The van der Waals surface area contributed by atoms with Gasteiger partial charge >= 0.3 is 12.1 Å². The molecule has 0 heterocycles. The lowest BCUT2D eigenvalue weighted by Crippen LogP contribution is -2.44. The summed E-state index contributed by atoms with van der Waals surface area (Å²) >= 11 is 0. The molecule has 0 bridgehead atoms. The second-order valence-corrected chi connectivity index (χ2v) is 6.28. The lowest BCUT2D eigenvalue weighted by molar-refractivity contribution is -0.145. The number of rotatable bonds is 7. The molecule has 1 atom stereocenters. The summed E-state index contributed by atoms with van der Waals surface area (Å²) < 4.78 is 10.1. The summed E-state index contributed by atoms with van der Waals surface area (Å²) in [5.41, 5.74) is -0.110. The Morgan fingerprint density at radius 2 is 1.75 bits per heavy atom. The maximum atomic E-state index is 12.1. The minimum atomic E-state index is -0.924. The standard InChI is InChI=1S/C18H25NO5/c1-5-23-16(21)14(19-17(22)24-18(2,3)4)11-12-15(20)13-9-7-6-8-10-13/h6-10,14H,5,11-12H2,1-4H3,(H,19,22)/t14-/m0/s1. The highest BCUT2D eigenvalue weighted by atomic mass is 16.6. The van der Waals surface area contributed by atoms with Crippen LogP contribution in [0.25, 0.3) is 0 Å². The number of ether oxygens (including phenoxy) is 2. The number of hydrogen-bond donors (Lipinski definition) is 1. The number of carbonyl (C=O) groups excluding carboxylic acids is 3. The summed E-state index contributed by atoms with van der Waals surface area (Å²) in [5.74, 6) is -0.680. The van der Waals surface area contributed by atoms with Crippen LogP contribution in [0, 0.1) is 0 Å². The number of esters is 1. The first kappa shape index (κ1) is 19.7. The molecule has 0 saturated heterocycles. The van der Waals surface area contributed by atoms with E-state index in [9.17, 15) is 14.4 Å². The van der Waals surface area contributed by atoms with Gasteiger partial charge in [-0.3, -0.25) is 4.79 Å². The minimum absolute atomic E-state index is 0.101. The number of amides is 1. The first-order valence-electron chi connectivity index (χ1n) is 7.97. The van der Waals surface area contributed by atoms with Gasteiger partial charge < -0.3 is 14.8 Å². The van der Waals surface area contributed by atoms with Gasteiger partial charge in [-0.15, -0.1) is 0 Å². The molecule has 1 aromatic rings. The molecule has 1 aromatic carbocycles. The van der Waals surface area contributed by atoms with Gasteiger partial charge in [0, 0.05) is 12.0 Å². The van der Waals surface area contributed by atoms with Gasteiger partial charge in [0.1, 0.15) is 11.6 Å². The molecule has 132 valence electrons. The van der Waals surface area contributed by atoms with Crippen LogP contribution in [-0.2, 0) is 14.3 Å². The smallest absolute Gasteiger partial charge is 0.408 e. The quantitative estimate of drug-likeness (QED) is 0.611. The van der Waals surface area contributed by atoms with E-state index in [2.05, 4.69) is 5.32 Å². The molecule has 1 rings (SSSR count). The second-order valence-electron chi connectivity index (χ2n) is 6.28. The molecule has 0 aliphatic carbocycles. The number of carbonyl (C=O) groups is 3. The van der Waals surface area contributed by atoms with Crippen molar-refractivity contribution in [2.24, 2.45) is 0 Å². The Morgan fingerprint density at radius 1 is 1.12 bits per heavy atom. The highest BCUT2D eigenvalue weighted by Crippen LogP contribution is 2.10. The Balaban J connectivity index is 2.67. The molecular formula is C18H25NO5. The molecule has 1 N–H and O–H groups in total. The monoisotopic (exact) mass is 335 g/mol. The summed E-state index contributed by atoms with van der Waals surface area (Å²) in [4.78, 5) is 36.0. The third-order valence-corrected chi connectivity index (χ3v) is 3.02. The fraction of sp³-hybridized carbons (Fsp3) is 0.500. The van der Waals surface area contributed by atoms with E-state index in [0.29, 0.717) is 5.56 Å². The molecule has 0 fully saturated rings. The molecule has 1 amide bonds. The predicted molar refractivity (Wildman–Crippen MR) is 89.8 cm³/mol. The van der Waals surface area contributed by atoms with Crippen LogP contribution in [0.15, 0.2) is 30.3 Å². The molecule has 0 spiro atoms. The largest absolute Gasteiger partial charge is 0.464 e. The van der Waals surface area contributed by atoms with Crippen molar-refractivity contribution in [3.05, 3.63) is 35.9 Å². The lowest BCUT2D eigenvalue weighted by atomic mass is 10.0. The Labute approximate surface area is 142 Å². The van der Waals surface area contributed by atoms with Gasteiger partial charge in [0.2, 0.25) is 0 Å². The van der Waals surface area contributed by atoms with Crippen LogP contribution in [0.1, 0.15) is 50.9 Å². The highest BCUT2D eigenvalue weighted by molar-refractivity contribution is 5.96. The first-order valence-corrected chi connectivity index (χ1v) is 7.97. The van der Waals surface area contributed by atoms with Crippen LogP contribution < -0.4 is 5.32 Å². The fourth-order valence-electron chi connectivity index (χ4n) is 1.99. The topological polar surface area (TPSA) is 81.7 Å². The van der Waals surface area contributed by atoms with Crippen LogP contribution in [0.2, 0.25) is 0 Å². The SMILES string of the molecule is CCOC(=O)[C@H](CCC(=O)c1ccccc1)NC(=O)OC(C)(C)C. The van der Waals surface area contributed by atoms with E-state index in [1.807, 2.05) is 6.07 Å². The van der Waals surface area contributed by atoms with Gasteiger partial charge in [0.05, 0.1) is 6.61 Å². The predicted octanol–water partition coefficient (Wildman–Crippen LogP) is 3.11. The van der Waals surface area contributed by atoms with E-state index >= 15 is 0 Å². The van der Waals surface area contributed by atoms with Gasteiger partial charge in [-0.2, -0.15) is 0 Å². The van der Waals surface area contributed by atoms with Crippen molar-refractivity contribution in [1.29, 1.82) is 0 Å². The average molecular weight is 335 g/mol. The van der Waals surface area contributed by atoms with Crippen molar-refractivity contribution in [2.75, 3.05) is 6.61 Å². The fourth-order valence-corrected chi connectivity index (χ4v) is 1.99. The Kier molecular flexibility index (Phi) is 7.42. The summed E-state index contributed by atoms with van der Waals surface area (Å²) in [7, 11) is 0. The maximum Gasteiger partial charge on any atom is 0.408 e. The normalized spacial score (nSPS) is 12.2. The van der Waals surface area contributed by atoms with Gasteiger partial charge in [0.25, 0.3) is 0 Å². The molecule has 0 saturated carbocycles. The minimum Gasteiger partial charge on any atom is -0.464 e. The Morgan fingerprint density at radius 3 is 2.29 bits per heavy atom. The molecule has 6 nitrogen and oxygen atoms in total. The van der Waals surface area contributed by atoms with Crippen molar-refractivity contribution in [1.82, 2.24) is 5.32 Å². The van der Waals surface area contributed by atoms with Crippen LogP contribution in [0.3, 0.4) is 0 Å². The number of nitrogens with one attached hydrogen (secondary N) is 1. The van der Waals surface area contributed by atoms with E-state index in [0.717, 1.165) is 0 Å². The van der Waals surface area contributed by atoms with Gasteiger partial charge in [0.15, 0.2) is 5.78 Å². The highest BCUT2D eigenvalue weighted by Gasteiger charge is 2.26. The van der Waals surface area contributed by atoms with E-state index in [1.165, 1.54) is 0 Å². The summed E-state index contributed by atoms with van der Waals surface area (Å²) in [6, 6.07) is 7.87. The van der Waals surface area contributed by atoms with Gasteiger partial charge in [-0.05, 0) is 34.1 Å². The van der Waals surface area contributed by atoms with Crippen molar-refractivity contribution in [3.63, 3.8) is 0 Å². The zero-order valence-corrected chi connectivity index (χ0v) is 14.6. The molecule has 0 unspecified atom stereocenters. The zero-order valence-electron chi connectivity index (χ0n) is 14.6. The van der Waals surface area contributed by atoms with Crippen LogP contribution in [0.5, 0.6) is 0 Å². The Hall–Kier alpha value is -2.37. The first-order chi connectivity index (χ1) is 11.2. The van der Waals surface area contributed by atoms with Gasteiger partial charge in [-0.1, -0.05) is 30.3 Å². The second kappa shape index (κ2) is 9.05. The molecule has 0 aliphatic rings. The van der Waals surface area contributed by atoms with Crippen LogP contribution in [0.4, 0.5) is 4.79 Å². The van der Waals surface area contributed by atoms with Crippen molar-refractivity contribution < 1.29 is 23.9 Å². The molecule has 0 aliphatic heterocycles. The van der Waals surface area contributed by atoms with E-state index in [4.69, 9.17) is 9.47 Å². The average Bonchev–Trinajstić information content (AvgIpc) is 2.50. The van der Waals surface area contributed by atoms with E-state index in [1.54, 1.807) is 52.0 Å². The number of benzene rings is 1. The molecule has 0 radical (unpaired) electrons. The zero-order chi connectivity index (χ0) is 18.2. The number of ketones is 1. The van der Waals surface area contributed by atoms with Crippen molar-refractivity contribution in [3.8, 4) is 0 Å². The third-order valence-electron chi connectivity index (χ3n) is 3.02. The number of alkyl carbamates (subject to hydrolysis) is 1. The van der Waals surface area contributed by atoms with Crippen molar-refractivity contribution >= 4 is 17.8 Å². The Bertz CT molecular complexity index is 563. The lowest BCUT2D eigenvalue weighted by Gasteiger charge is -2.22. The molecule has 24 heavy (non-hydrogen) atoms. The summed E-state index contributed by atoms with van der Waals surface area (Å²) in [5, 5.41) is 2.48. The molecule has 0 aromatic heterocycles. The van der Waals surface area contributed by atoms with Crippen LogP contribution in [-0.4, -0.2) is 36.1 Å². The molecule has 6 heteroatoms.